The lowest BCUT2D eigenvalue weighted by molar-refractivity contribution is 0.375. The fraction of sp³-hybridized carbons (Fsp3) is 0.333. The third kappa shape index (κ3) is 3.16. The average molecular weight is 332 g/mol. The van der Waals surface area contributed by atoms with Crippen LogP contribution in [-0.2, 0) is 6.42 Å². The van der Waals surface area contributed by atoms with Crippen LogP contribution < -0.4 is 5.32 Å². The highest BCUT2D eigenvalue weighted by atomic mass is 79.9. The molecule has 0 saturated carbocycles. The first-order valence-corrected chi connectivity index (χ1v) is 6.54. The Kier molecular flexibility index (Phi) is 4.60. The Morgan fingerprint density at radius 2 is 2.16 bits per heavy atom. The topological polar surface area (TPSA) is 51.0 Å². The van der Waals surface area contributed by atoms with Gasteiger partial charge in [-0.25, -0.2) is 8.78 Å². The number of nitrogens with one attached hydrogen (secondary N) is 1. The molecule has 0 aliphatic carbocycles. The zero-order valence-corrected chi connectivity index (χ0v) is 11.8. The summed E-state index contributed by atoms with van der Waals surface area (Å²) >= 11 is 2.99. The van der Waals surface area contributed by atoms with Crippen LogP contribution in [0, 0.1) is 11.6 Å². The molecule has 0 unspecified atom stereocenters. The second-order valence-corrected chi connectivity index (χ2v) is 4.73. The maximum absolute atomic E-state index is 13.4. The first-order valence-electron chi connectivity index (χ1n) is 5.74. The molecule has 102 valence electrons. The number of hydrogen-bond acceptors (Lipinski definition) is 4. The van der Waals surface area contributed by atoms with E-state index in [-0.39, 0.29) is 10.3 Å². The van der Waals surface area contributed by atoms with Crippen molar-refractivity contribution in [3.8, 4) is 11.4 Å². The fourth-order valence-corrected chi connectivity index (χ4v) is 2.08. The predicted molar refractivity (Wildman–Crippen MR) is 69.6 cm³/mol. The van der Waals surface area contributed by atoms with Gasteiger partial charge < -0.3 is 9.84 Å². The SMILES string of the molecule is CNCCCc1nc(-c2ccc(F)c(F)c2Br)no1. The van der Waals surface area contributed by atoms with Gasteiger partial charge in [0, 0.05) is 12.0 Å². The summed E-state index contributed by atoms with van der Waals surface area (Å²) in [5, 5.41) is 6.78. The highest BCUT2D eigenvalue weighted by Crippen LogP contribution is 2.29. The molecule has 2 aromatic rings. The van der Waals surface area contributed by atoms with E-state index in [9.17, 15) is 8.78 Å². The number of aryl methyl sites for hydroxylation is 1. The van der Waals surface area contributed by atoms with Crippen LogP contribution in [0.1, 0.15) is 12.3 Å². The van der Waals surface area contributed by atoms with Crippen molar-refractivity contribution in [2.75, 3.05) is 13.6 Å². The number of nitrogens with zero attached hydrogens (tertiary/aromatic N) is 2. The third-order valence-electron chi connectivity index (χ3n) is 2.56. The molecule has 0 radical (unpaired) electrons. The van der Waals surface area contributed by atoms with E-state index in [1.54, 1.807) is 0 Å². The molecule has 2 rings (SSSR count). The molecule has 7 heteroatoms. The van der Waals surface area contributed by atoms with E-state index >= 15 is 0 Å². The molecule has 1 heterocycles. The summed E-state index contributed by atoms with van der Waals surface area (Å²) in [6.07, 6.45) is 1.49. The van der Waals surface area contributed by atoms with E-state index < -0.39 is 11.6 Å². The molecule has 0 bridgehead atoms. The Bertz CT molecular complexity index is 574. The fourth-order valence-electron chi connectivity index (χ4n) is 1.58. The van der Waals surface area contributed by atoms with Gasteiger partial charge in [0.05, 0.1) is 4.47 Å². The van der Waals surface area contributed by atoms with Gasteiger partial charge in [0.1, 0.15) is 0 Å². The molecule has 0 fully saturated rings. The lowest BCUT2D eigenvalue weighted by atomic mass is 10.2. The summed E-state index contributed by atoms with van der Waals surface area (Å²) in [6, 6.07) is 2.44. The van der Waals surface area contributed by atoms with Gasteiger partial charge in [-0.2, -0.15) is 4.98 Å². The molecule has 0 atom stereocenters. The van der Waals surface area contributed by atoms with Gasteiger partial charge in [-0.3, -0.25) is 0 Å². The van der Waals surface area contributed by atoms with Gasteiger partial charge in [0.15, 0.2) is 11.6 Å². The van der Waals surface area contributed by atoms with Crippen molar-refractivity contribution in [1.82, 2.24) is 15.5 Å². The van der Waals surface area contributed by atoms with Crippen molar-refractivity contribution < 1.29 is 13.3 Å². The van der Waals surface area contributed by atoms with Crippen molar-refractivity contribution in [2.24, 2.45) is 0 Å². The van der Waals surface area contributed by atoms with Gasteiger partial charge in [-0.05, 0) is 48.1 Å². The van der Waals surface area contributed by atoms with Gasteiger partial charge in [0.25, 0.3) is 0 Å². The predicted octanol–water partition coefficient (Wildman–Crippen LogP) is 2.93. The van der Waals surface area contributed by atoms with E-state index in [0.29, 0.717) is 17.9 Å². The number of hydrogen-bond donors (Lipinski definition) is 1. The molecule has 0 aliphatic heterocycles. The summed E-state index contributed by atoms with van der Waals surface area (Å²) in [6.45, 7) is 0.840. The molecule has 19 heavy (non-hydrogen) atoms. The van der Waals surface area contributed by atoms with Crippen LogP contribution in [0.25, 0.3) is 11.4 Å². The van der Waals surface area contributed by atoms with E-state index in [2.05, 4.69) is 31.4 Å². The Balaban J connectivity index is 2.21. The molecular weight excluding hydrogens is 320 g/mol. The van der Waals surface area contributed by atoms with Gasteiger partial charge in [-0.15, -0.1) is 0 Å². The first-order chi connectivity index (χ1) is 9.13. The molecule has 0 aliphatic rings. The largest absolute Gasteiger partial charge is 0.339 e. The Morgan fingerprint density at radius 3 is 2.89 bits per heavy atom. The maximum Gasteiger partial charge on any atom is 0.227 e. The quantitative estimate of drug-likeness (QED) is 0.676. The molecule has 0 saturated heterocycles. The van der Waals surface area contributed by atoms with Crippen molar-refractivity contribution in [3.05, 3.63) is 34.1 Å². The molecular formula is C12H12BrF2N3O. The number of halogens is 3. The zero-order valence-electron chi connectivity index (χ0n) is 10.2. The van der Waals surface area contributed by atoms with Crippen LogP contribution in [0.3, 0.4) is 0 Å². The second kappa shape index (κ2) is 6.21. The lowest BCUT2D eigenvalue weighted by Crippen LogP contribution is -2.08. The Hall–Kier alpha value is -1.34. The zero-order chi connectivity index (χ0) is 13.8. The molecule has 1 N–H and O–H groups in total. The standard InChI is InChI=1S/C12H12BrF2N3O/c1-16-6-2-3-9-17-12(18-19-9)7-4-5-8(14)11(15)10(7)13/h4-5,16H,2-3,6H2,1H3. The maximum atomic E-state index is 13.4. The van der Waals surface area contributed by atoms with E-state index in [4.69, 9.17) is 4.52 Å². The minimum atomic E-state index is -0.959. The smallest absolute Gasteiger partial charge is 0.227 e. The van der Waals surface area contributed by atoms with Crippen LogP contribution in [0.4, 0.5) is 8.78 Å². The van der Waals surface area contributed by atoms with Crippen molar-refractivity contribution in [3.63, 3.8) is 0 Å². The van der Waals surface area contributed by atoms with Crippen LogP contribution in [0.2, 0.25) is 0 Å². The summed E-state index contributed by atoms with van der Waals surface area (Å²) < 4.78 is 31.5. The van der Waals surface area contributed by atoms with E-state index in [1.165, 1.54) is 6.07 Å². The summed E-state index contributed by atoms with van der Waals surface area (Å²) in [5.74, 6) is -1.17. The van der Waals surface area contributed by atoms with E-state index in [0.717, 1.165) is 19.0 Å². The van der Waals surface area contributed by atoms with Crippen molar-refractivity contribution in [1.29, 1.82) is 0 Å². The second-order valence-electron chi connectivity index (χ2n) is 3.94. The highest BCUT2D eigenvalue weighted by Gasteiger charge is 2.16. The van der Waals surface area contributed by atoms with Crippen molar-refractivity contribution in [2.45, 2.75) is 12.8 Å². The minimum Gasteiger partial charge on any atom is -0.339 e. The summed E-state index contributed by atoms with van der Waals surface area (Å²) in [7, 11) is 1.86. The molecule has 0 spiro atoms. The molecule has 1 aromatic heterocycles. The molecule has 1 aromatic carbocycles. The normalized spacial score (nSPS) is 10.9. The van der Waals surface area contributed by atoms with Crippen LogP contribution in [0.5, 0.6) is 0 Å². The van der Waals surface area contributed by atoms with Gasteiger partial charge in [-0.1, -0.05) is 5.16 Å². The van der Waals surface area contributed by atoms with Crippen LogP contribution in [0.15, 0.2) is 21.1 Å². The monoisotopic (exact) mass is 331 g/mol. The Morgan fingerprint density at radius 1 is 1.37 bits per heavy atom. The number of benzene rings is 1. The van der Waals surface area contributed by atoms with Crippen LogP contribution >= 0.6 is 15.9 Å². The highest BCUT2D eigenvalue weighted by molar-refractivity contribution is 9.10. The van der Waals surface area contributed by atoms with Crippen LogP contribution in [-0.4, -0.2) is 23.7 Å². The number of rotatable bonds is 5. The lowest BCUT2D eigenvalue weighted by Gasteiger charge is -2.01. The molecule has 0 amide bonds. The van der Waals surface area contributed by atoms with Gasteiger partial charge in [0.2, 0.25) is 11.7 Å². The summed E-state index contributed by atoms with van der Waals surface area (Å²) in [4.78, 5) is 4.16. The average Bonchev–Trinajstić information content (AvgIpc) is 2.85. The molecule has 4 nitrogen and oxygen atoms in total. The number of aromatic nitrogens is 2. The van der Waals surface area contributed by atoms with Crippen molar-refractivity contribution >= 4 is 15.9 Å². The first kappa shape index (κ1) is 14.1. The summed E-state index contributed by atoms with van der Waals surface area (Å²) in [5.41, 5.74) is 0.363. The third-order valence-corrected chi connectivity index (χ3v) is 3.34. The minimum absolute atomic E-state index is 0.00456. The van der Waals surface area contributed by atoms with E-state index in [1.807, 2.05) is 7.05 Å². The Labute approximate surface area is 117 Å². The van der Waals surface area contributed by atoms with Gasteiger partial charge >= 0.3 is 0 Å².